The smallest absolute Gasteiger partial charge is 0.142 e. The van der Waals surface area contributed by atoms with Crippen LogP contribution in [0.3, 0.4) is 0 Å². The van der Waals surface area contributed by atoms with Crippen LogP contribution in [0.25, 0.3) is 16.9 Å². The molecule has 2 heterocycles. The number of hydrogen-bond donors (Lipinski definition) is 1. The molecule has 0 fully saturated rings. The van der Waals surface area contributed by atoms with Crippen LogP contribution in [0.15, 0.2) is 36.5 Å². The Hall–Kier alpha value is -2.36. The average Bonchev–Trinajstić information content (AvgIpc) is 2.72. The van der Waals surface area contributed by atoms with Gasteiger partial charge < -0.3 is 5.73 Å². The molecule has 0 unspecified atom stereocenters. The van der Waals surface area contributed by atoms with Crippen molar-refractivity contribution in [1.29, 1.82) is 0 Å². The molecule has 0 radical (unpaired) electrons. The van der Waals surface area contributed by atoms with E-state index in [1.165, 1.54) is 6.07 Å². The Kier molecular flexibility index (Phi) is 2.52. The lowest BCUT2D eigenvalue weighted by molar-refractivity contribution is 0.619. The number of halogens is 1. The highest BCUT2D eigenvalue weighted by Crippen LogP contribution is 2.28. The molecule has 0 amide bonds. The molecule has 3 aromatic rings. The SMILES string of the molecule is Cc1ccc(-c2nc3c(C)cccn3c2N)cc1F. The molecule has 0 aliphatic carbocycles. The lowest BCUT2D eigenvalue weighted by Gasteiger charge is -2.01. The fourth-order valence-electron chi connectivity index (χ4n) is 2.17. The number of rotatable bonds is 1. The van der Waals surface area contributed by atoms with Crippen LogP contribution >= 0.6 is 0 Å². The zero-order valence-corrected chi connectivity index (χ0v) is 10.8. The number of imidazole rings is 1. The van der Waals surface area contributed by atoms with Gasteiger partial charge in [-0.3, -0.25) is 4.40 Å². The van der Waals surface area contributed by atoms with Crippen molar-refractivity contribution >= 4 is 11.5 Å². The van der Waals surface area contributed by atoms with E-state index in [-0.39, 0.29) is 5.82 Å². The van der Waals surface area contributed by atoms with Crippen molar-refractivity contribution in [1.82, 2.24) is 9.38 Å². The number of anilines is 1. The van der Waals surface area contributed by atoms with Gasteiger partial charge in [0.15, 0.2) is 0 Å². The third kappa shape index (κ3) is 1.76. The maximum atomic E-state index is 13.7. The Morgan fingerprint density at radius 1 is 1.16 bits per heavy atom. The molecule has 96 valence electrons. The first-order valence-corrected chi connectivity index (χ1v) is 6.07. The van der Waals surface area contributed by atoms with Crippen LogP contribution in [0.1, 0.15) is 11.1 Å². The first kappa shape index (κ1) is 11.7. The van der Waals surface area contributed by atoms with Gasteiger partial charge in [0, 0.05) is 11.8 Å². The fourth-order valence-corrected chi connectivity index (χ4v) is 2.17. The van der Waals surface area contributed by atoms with Crippen molar-refractivity contribution in [3.8, 4) is 11.3 Å². The van der Waals surface area contributed by atoms with Gasteiger partial charge in [0.1, 0.15) is 23.0 Å². The molecule has 2 N–H and O–H groups in total. The molecule has 1 aromatic carbocycles. The van der Waals surface area contributed by atoms with Gasteiger partial charge in [-0.15, -0.1) is 0 Å². The van der Waals surface area contributed by atoms with Gasteiger partial charge in [-0.25, -0.2) is 9.37 Å². The number of aryl methyl sites for hydroxylation is 2. The predicted molar refractivity (Wildman–Crippen MR) is 74.5 cm³/mol. The van der Waals surface area contributed by atoms with Crippen molar-refractivity contribution in [2.24, 2.45) is 0 Å². The molecule has 0 aliphatic heterocycles. The van der Waals surface area contributed by atoms with Crippen molar-refractivity contribution < 1.29 is 4.39 Å². The number of hydrogen-bond acceptors (Lipinski definition) is 2. The molecule has 0 saturated carbocycles. The van der Waals surface area contributed by atoms with Gasteiger partial charge in [-0.05, 0) is 37.1 Å². The third-order valence-electron chi connectivity index (χ3n) is 3.33. The Labute approximate surface area is 110 Å². The Balaban J connectivity index is 2.28. The first-order chi connectivity index (χ1) is 9.08. The Morgan fingerprint density at radius 2 is 1.95 bits per heavy atom. The zero-order valence-electron chi connectivity index (χ0n) is 10.8. The van der Waals surface area contributed by atoms with E-state index in [1.807, 2.05) is 35.7 Å². The van der Waals surface area contributed by atoms with Crippen molar-refractivity contribution in [3.05, 3.63) is 53.5 Å². The van der Waals surface area contributed by atoms with E-state index >= 15 is 0 Å². The number of benzene rings is 1. The predicted octanol–water partition coefficient (Wildman–Crippen LogP) is 3.34. The zero-order chi connectivity index (χ0) is 13.6. The molecule has 19 heavy (non-hydrogen) atoms. The van der Waals surface area contributed by atoms with Gasteiger partial charge in [-0.2, -0.15) is 0 Å². The summed E-state index contributed by atoms with van der Waals surface area (Å²) in [5.74, 6) is 0.285. The first-order valence-electron chi connectivity index (χ1n) is 6.07. The molecule has 3 rings (SSSR count). The number of aromatic nitrogens is 2. The molecule has 4 heteroatoms. The van der Waals surface area contributed by atoms with Crippen molar-refractivity contribution in [3.63, 3.8) is 0 Å². The van der Waals surface area contributed by atoms with Crippen molar-refractivity contribution in [2.75, 3.05) is 5.73 Å². The quantitative estimate of drug-likeness (QED) is 0.724. The summed E-state index contributed by atoms with van der Waals surface area (Å²) in [5.41, 5.74) is 9.87. The molecule has 0 saturated heterocycles. The topological polar surface area (TPSA) is 43.3 Å². The van der Waals surface area contributed by atoms with Gasteiger partial charge >= 0.3 is 0 Å². The number of pyridine rings is 1. The highest BCUT2D eigenvalue weighted by molar-refractivity contribution is 5.76. The molecule has 0 bridgehead atoms. The average molecular weight is 255 g/mol. The van der Waals surface area contributed by atoms with E-state index in [2.05, 4.69) is 4.98 Å². The maximum absolute atomic E-state index is 13.7. The van der Waals surface area contributed by atoms with Gasteiger partial charge in [0.25, 0.3) is 0 Å². The monoisotopic (exact) mass is 255 g/mol. The fraction of sp³-hybridized carbons (Fsp3) is 0.133. The summed E-state index contributed by atoms with van der Waals surface area (Å²) in [7, 11) is 0. The van der Waals surface area contributed by atoms with E-state index < -0.39 is 0 Å². The molecular weight excluding hydrogens is 241 g/mol. The second-order valence-electron chi connectivity index (χ2n) is 4.69. The van der Waals surface area contributed by atoms with E-state index in [1.54, 1.807) is 13.0 Å². The minimum absolute atomic E-state index is 0.245. The number of nitrogens with zero attached hydrogens (tertiary/aromatic N) is 2. The number of nitrogen functional groups attached to an aromatic ring is 1. The van der Waals surface area contributed by atoms with Crippen LogP contribution in [0.4, 0.5) is 10.2 Å². The molecule has 0 atom stereocenters. The maximum Gasteiger partial charge on any atom is 0.142 e. The summed E-state index contributed by atoms with van der Waals surface area (Å²) in [4.78, 5) is 4.52. The molecule has 0 spiro atoms. The standard InChI is InChI=1S/C15H14FN3/c1-9-5-6-11(8-12(9)16)13-14(17)19-7-3-4-10(2)15(19)18-13/h3-8H,17H2,1-2H3. The van der Waals surface area contributed by atoms with Gasteiger partial charge in [0.2, 0.25) is 0 Å². The molecular formula is C15H14FN3. The number of fused-ring (bicyclic) bond motifs is 1. The summed E-state index contributed by atoms with van der Waals surface area (Å²) in [6.45, 7) is 3.71. The molecule has 2 aromatic heterocycles. The summed E-state index contributed by atoms with van der Waals surface area (Å²) >= 11 is 0. The van der Waals surface area contributed by atoms with E-state index in [0.717, 1.165) is 11.2 Å². The van der Waals surface area contributed by atoms with Crippen LogP contribution in [0, 0.1) is 19.7 Å². The highest BCUT2D eigenvalue weighted by atomic mass is 19.1. The van der Waals surface area contributed by atoms with Crippen LogP contribution in [-0.4, -0.2) is 9.38 Å². The van der Waals surface area contributed by atoms with E-state index in [4.69, 9.17) is 5.73 Å². The van der Waals surface area contributed by atoms with Gasteiger partial charge in [-0.1, -0.05) is 18.2 Å². The van der Waals surface area contributed by atoms with Gasteiger partial charge in [0.05, 0.1) is 0 Å². The van der Waals surface area contributed by atoms with E-state index in [0.29, 0.717) is 22.6 Å². The summed E-state index contributed by atoms with van der Waals surface area (Å²) < 4.78 is 15.5. The van der Waals surface area contributed by atoms with Crippen LogP contribution in [-0.2, 0) is 0 Å². The second-order valence-corrected chi connectivity index (χ2v) is 4.69. The highest BCUT2D eigenvalue weighted by Gasteiger charge is 2.13. The number of nitrogens with two attached hydrogens (primary N) is 1. The molecule has 3 nitrogen and oxygen atoms in total. The Bertz CT molecular complexity index is 774. The third-order valence-corrected chi connectivity index (χ3v) is 3.33. The summed E-state index contributed by atoms with van der Waals surface area (Å²) in [6.07, 6.45) is 1.86. The van der Waals surface area contributed by atoms with Crippen LogP contribution < -0.4 is 5.73 Å². The Morgan fingerprint density at radius 3 is 2.63 bits per heavy atom. The second kappa shape index (κ2) is 4.09. The lowest BCUT2D eigenvalue weighted by Crippen LogP contribution is -1.94. The summed E-state index contributed by atoms with van der Waals surface area (Å²) in [6, 6.07) is 8.94. The molecule has 0 aliphatic rings. The normalized spacial score (nSPS) is 11.1. The van der Waals surface area contributed by atoms with Crippen molar-refractivity contribution in [2.45, 2.75) is 13.8 Å². The minimum atomic E-state index is -0.245. The summed E-state index contributed by atoms with van der Waals surface area (Å²) in [5, 5.41) is 0. The lowest BCUT2D eigenvalue weighted by atomic mass is 10.1. The minimum Gasteiger partial charge on any atom is -0.383 e. The van der Waals surface area contributed by atoms with Crippen LogP contribution in [0.2, 0.25) is 0 Å². The van der Waals surface area contributed by atoms with E-state index in [9.17, 15) is 4.39 Å². The van der Waals surface area contributed by atoms with Crippen LogP contribution in [0.5, 0.6) is 0 Å². The largest absolute Gasteiger partial charge is 0.383 e.